The van der Waals surface area contributed by atoms with Gasteiger partial charge in [-0.25, -0.2) is 23.7 Å². The van der Waals surface area contributed by atoms with Gasteiger partial charge in [0.2, 0.25) is 0 Å². The zero-order valence-electron chi connectivity index (χ0n) is 21.2. The van der Waals surface area contributed by atoms with E-state index in [1.165, 1.54) is 35.5 Å². The molecule has 3 atom stereocenters. The minimum atomic E-state index is -2.64. The fraction of sp³-hybridized carbons (Fsp3) is 0.385. The Morgan fingerprint density at radius 3 is 2.66 bits per heavy atom. The van der Waals surface area contributed by atoms with E-state index in [4.69, 9.17) is 9.76 Å². The van der Waals surface area contributed by atoms with Gasteiger partial charge >= 0.3 is 0 Å². The van der Waals surface area contributed by atoms with Crippen molar-refractivity contribution in [2.45, 2.75) is 44.4 Å². The molecule has 1 saturated carbocycles. The largest absolute Gasteiger partial charge is 0.253 e. The molecule has 0 spiro atoms. The third-order valence-corrected chi connectivity index (χ3v) is 9.12. The summed E-state index contributed by atoms with van der Waals surface area (Å²) < 4.78 is 49.8. The summed E-state index contributed by atoms with van der Waals surface area (Å²) in [5.74, 6) is -0.257. The Labute approximate surface area is 218 Å². The number of nitrogens with one attached hydrogen (secondary N) is 1. The van der Waals surface area contributed by atoms with Crippen molar-refractivity contribution in [1.82, 2.24) is 34.9 Å². The Morgan fingerprint density at radius 1 is 1.16 bits per heavy atom. The smallest absolute Gasteiger partial charge is 0.252 e. The molecular formula is C26H26F2N8OS. The highest BCUT2D eigenvalue weighted by molar-refractivity contribution is 7.91. The molecule has 4 aromatic rings. The Kier molecular flexibility index (Phi) is 5.46. The number of fused-ring (bicyclic) bond motifs is 5. The molecule has 2 bridgehead atoms. The molecule has 2 aliphatic rings. The van der Waals surface area contributed by atoms with Crippen molar-refractivity contribution in [2.75, 3.05) is 12.0 Å². The third-order valence-electron chi connectivity index (χ3n) is 8.14. The van der Waals surface area contributed by atoms with E-state index in [0.717, 1.165) is 29.8 Å². The van der Waals surface area contributed by atoms with E-state index in [-0.39, 0.29) is 28.3 Å². The number of rotatable bonds is 6. The SMILES string of the molecule is CC1(C)[C@H]2CC[C@]1(c1ccnc(-n3cnc(CC[S@@](C)(=N)=O)n3)n1)c1nnc(-c3c(F)cccc3F)cc12. The molecule has 1 aromatic carbocycles. The molecule has 1 fully saturated rings. The van der Waals surface area contributed by atoms with Crippen LogP contribution in [0.4, 0.5) is 8.78 Å². The molecule has 0 radical (unpaired) electrons. The van der Waals surface area contributed by atoms with Crippen LogP contribution in [-0.2, 0) is 21.6 Å². The number of nitrogens with zero attached hydrogens (tertiary/aromatic N) is 7. The minimum Gasteiger partial charge on any atom is -0.253 e. The summed E-state index contributed by atoms with van der Waals surface area (Å²) in [4.78, 5) is 13.5. The van der Waals surface area contributed by atoms with E-state index in [9.17, 15) is 13.0 Å². The lowest BCUT2D eigenvalue weighted by Gasteiger charge is -2.37. The molecule has 12 heteroatoms. The number of aryl methyl sites for hydroxylation is 1. The number of hydrogen-bond donors (Lipinski definition) is 1. The fourth-order valence-electron chi connectivity index (χ4n) is 6.25. The summed E-state index contributed by atoms with van der Waals surface area (Å²) in [6.45, 7) is 4.35. The lowest BCUT2D eigenvalue weighted by molar-refractivity contribution is 0.242. The molecule has 3 aromatic heterocycles. The van der Waals surface area contributed by atoms with Crippen molar-refractivity contribution >= 4 is 9.73 Å². The first kappa shape index (κ1) is 24.7. The number of aromatic nitrogens is 7. The topological polar surface area (TPSA) is 123 Å². The highest BCUT2D eigenvalue weighted by Crippen LogP contribution is 2.69. The first-order valence-electron chi connectivity index (χ1n) is 12.3. The highest BCUT2D eigenvalue weighted by Gasteiger charge is 2.65. The molecule has 6 rings (SSSR count). The van der Waals surface area contributed by atoms with Crippen LogP contribution in [0.5, 0.6) is 0 Å². The lowest BCUT2D eigenvalue weighted by atomic mass is 9.66. The maximum absolute atomic E-state index is 14.5. The van der Waals surface area contributed by atoms with Crippen LogP contribution in [0.15, 0.2) is 42.9 Å². The van der Waals surface area contributed by atoms with E-state index < -0.39 is 26.8 Å². The van der Waals surface area contributed by atoms with E-state index in [0.29, 0.717) is 18.2 Å². The Hall–Kier alpha value is -3.67. The Balaban J connectivity index is 1.41. The summed E-state index contributed by atoms with van der Waals surface area (Å²) in [5, 5.41) is 13.3. The molecular weight excluding hydrogens is 510 g/mol. The monoisotopic (exact) mass is 536 g/mol. The third kappa shape index (κ3) is 3.64. The van der Waals surface area contributed by atoms with Crippen molar-refractivity contribution in [2.24, 2.45) is 5.41 Å². The Bertz CT molecular complexity index is 1670. The van der Waals surface area contributed by atoms with Gasteiger partial charge in [-0.2, -0.15) is 9.78 Å². The molecule has 0 saturated heterocycles. The molecule has 1 N–H and O–H groups in total. The second-order valence-electron chi connectivity index (χ2n) is 10.7. The van der Waals surface area contributed by atoms with Crippen molar-refractivity contribution in [1.29, 1.82) is 4.78 Å². The van der Waals surface area contributed by atoms with Crippen LogP contribution in [0.1, 0.15) is 55.4 Å². The molecule has 2 aliphatic carbocycles. The molecule has 0 unspecified atom stereocenters. The van der Waals surface area contributed by atoms with Gasteiger partial charge in [0.25, 0.3) is 5.95 Å². The lowest BCUT2D eigenvalue weighted by Crippen LogP contribution is -2.38. The van der Waals surface area contributed by atoms with Crippen LogP contribution in [0.25, 0.3) is 17.2 Å². The first-order valence-corrected chi connectivity index (χ1v) is 14.4. The standard InChI is InChI=1S/C26H26F2N8OS/c1-25(2)16-7-10-26(25,23-15(16)13-19(33-34-23)22-17(27)5-4-6-18(22)28)20-8-11-30-24(32-20)36-14-31-21(35-36)9-12-38(3,29)37/h4-6,8,11,13-14,16,29H,7,9-10,12H2,1-3H3/t16-,26-,38-/m0/s1. The molecule has 196 valence electrons. The van der Waals surface area contributed by atoms with Crippen molar-refractivity contribution in [3.8, 4) is 17.2 Å². The van der Waals surface area contributed by atoms with Crippen LogP contribution < -0.4 is 0 Å². The normalized spacial score (nSPS) is 22.8. The summed E-state index contributed by atoms with van der Waals surface area (Å²) in [5.41, 5.74) is 1.64. The van der Waals surface area contributed by atoms with Crippen molar-refractivity contribution in [3.05, 3.63) is 77.3 Å². The molecule has 9 nitrogen and oxygen atoms in total. The van der Waals surface area contributed by atoms with E-state index in [2.05, 4.69) is 39.1 Å². The number of hydrogen-bond acceptors (Lipinski definition) is 8. The zero-order chi connectivity index (χ0) is 26.9. The van der Waals surface area contributed by atoms with Gasteiger partial charge in [-0.05, 0) is 54.0 Å². The maximum Gasteiger partial charge on any atom is 0.252 e. The van der Waals surface area contributed by atoms with Gasteiger partial charge < -0.3 is 0 Å². The van der Waals surface area contributed by atoms with Gasteiger partial charge in [-0.1, -0.05) is 19.9 Å². The minimum absolute atomic E-state index is 0.117. The molecule has 0 aliphatic heterocycles. The highest BCUT2D eigenvalue weighted by atomic mass is 32.2. The van der Waals surface area contributed by atoms with E-state index >= 15 is 0 Å². The van der Waals surface area contributed by atoms with Gasteiger partial charge in [-0.3, -0.25) is 8.99 Å². The molecule has 0 amide bonds. The van der Waals surface area contributed by atoms with Gasteiger partial charge in [0.05, 0.1) is 28.1 Å². The number of benzene rings is 1. The zero-order valence-corrected chi connectivity index (χ0v) is 22.0. The summed E-state index contributed by atoms with van der Waals surface area (Å²) in [7, 11) is -2.64. The second kappa shape index (κ2) is 8.42. The average Bonchev–Trinajstić information content (AvgIpc) is 3.50. The second-order valence-corrected chi connectivity index (χ2v) is 13.1. The van der Waals surface area contributed by atoms with Crippen molar-refractivity contribution in [3.63, 3.8) is 0 Å². The van der Waals surface area contributed by atoms with Crippen LogP contribution >= 0.6 is 0 Å². The van der Waals surface area contributed by atoms with Gasteiger partial charge in [0, 0.05) is 34.4 Å². The van der Waals surface area contributed by atoms with E-state index in [1.807, 2.05) is 6.07 Å². The molecule has 3 heterocycles. The van der Waals surface area contributed by atoms with Crippen LogP contribution in [0, 0.1) is 21.8 Å². The quantitative estimate of drug-likeness (QED) is 0.391. The average molecular weight is 537 g/mol. The molecule has 38 heavy (non-hydrogen) atoms. The Morgan fingerprint density at radius 2 is 1.92 bits per heavy atom. The van der Waals surface area contributed by atoms with Gasteiger partial charge in [0.15, 0.2) is 5.82 Å². The number of halogens is 2. The summed E-state index contributed by atoms with van der Waals surface area (Å²) in [6, 6.07) is 7.42. The maximum atomic E-state index is 14.5. The van der Waals surface area contributed by atoms with Crippen LogP contribution in [-0.4, -0.2) is 51.1 Å². The fourth-order valence-corrected chi connectivity index (χ4v) is 6.82. The predicted molar refractivity (Wildman–Crippen MR) is 136 cm³/mol. The van der Waals surface area contributed by atoms with Crippen LogP contribution in [0.3, 0.4) is 0 Å². The summed E-state index contributed by atoms with van der Waals surface area (Å²) in [6.07, 6.45) is 6.57. The van der Waals surface area contributed by atoms with Crippen molar-refractivity contribution < 1.29 is 13.0 Å². The summed E-state index contributed by atoms with van der Waals surface area (Å²) >= 11 is 0. The van der Waals surface area contributed by atoms with Gasteiger partial charge in [0.1, 0.15) is 18.0 Å². The predicted octanol–water partition coefficient (Wildman–Crippen LogP) is 4.21. The first-order chi connectivity index (χ1) is 18.0. The van der Waals surface area contributed by atoms with E-state index in [1.54, 1.807) is 12.3 Å². The van der Waals surface area contributed by atoms with Gasteiger partial charge in [-0.15, -0.1) is 10.2 Å². The van der Waals surface area contributed by atoms with Crippen LogP contribution in [0.2, 0.25) is 0 Å².